The molecule has 1 heterocycles. The van der Waals surface area contributed by atoms with Gasteiger partial charge in [0, 0.05) is 5.56 Å². The van der Waals surface area contributed by atoms with E-state index in [1.807, 2.05) is 32.0 Å². The van der Waals surface area contributed by atoms with Crippen LogP contribution >= 0.6 is 0 Å². The lowest BCUT2D eigenvalue weighted by Crippen LogP contribution is -2.14. The summed E-state index contributed by atoms with van der Waals surface area (Å²) in [5.41, 5.74) is 4.72. The van der Waals surface area contributed by atoms with E-state index in [-0.39, 0.29) is 5.92 Å². The Morgan fingerprint density at radius 2 is 1.90 bits per heavy atom. The third-order valence-corrected chi connectivity index (χ3v) is 2.90. The van der Waals surface area contributed by atoms with Gasteiger partial charge in [-0.05, 0) is 18.1 Å². The van der Waals surface area contributed by atoms with Crippen LogP contribution in [0.3, 0.4) is 0 Å². The molecule has 102 valence electrons. The second-order valence-electron chi connectivity index (χ2n) is 4.57. The summed E-state index contributed by atoms with van der Waals surface area (Å²) in [5, 5.41) is 12.3. The summed E-state index contributed by atoms with van der Waals surface area (Å²) >= 11 is 0. The topological polar surface area (TPSA) is 99.7 Å². The fourth-order valence-corrected chi connectivity index (χ4v) is 1.97. The van der Waals surface area contributed by atoms with E-state index in [4.69, 9.17) is 11.1 Å². The van der Waals surface area contributed by atoms with Crippen LogP contribution in [-0.4, -0.2) is 9.97 Å². The maximum Gasteiger partial charge on any atom is 0.148 e. The lowest BCUT2D eigenvalue weighted by atomic mass is 10.0. The Hall–Kier alpha value is -2.65. The minimum absolute atomic E-state index is 0.180. The fraction of sp³-hybridized carbons (Fsp3) is 0.214. The normalized spacial score (nSPS) is 10.2. The average molecular weight is 268 g/mol. The van der Waals surface area contributed by atoms with E-state index < -0.39 is 0 Å². The van der Waals surface area contributed by atoms with Crippen molar-refractivity contribution in [3.8, 4) is 6.07 Å². The molecule has 6 heteroatoms. The van der Waals surface area contributed by atoms with Gasteiger partial charge in [-0.25, -0.2) is 15.8 Å². The molecule has 0 amide bonds. The van der Waals surface area contributed by atoms with Crippen molar-refractivity contribution >= 4 is 17.3 Å². The standard InChI is InChI=1S/C14H16N6/c1-9(2)12-13(17-8-18-14(12)20-16)19-11-6-4-3-5-10(11)7-15/h3-6,8-9H,16H2,1-2H3,(H2,17,18,19,20). The van der Waals surface area contributed by atoms with Crippen molar-refractivity contribution in [1.29, 1.82) is 5.26 Å². The molecule has 1 aromatic heterocycles. The van der Waals surface area contributed by atoms with Gasteiger partial charge in [-0.1, -0.05) is 26.0 Å². The molecular weight excluding hydrogens is 252 g/mol. The van der Waals surface area contributed by atoms with Crippen LogP contribution in [0.1, 0.15) is 30.9 Å². The zero-order chi connectivity index (χ0) is 14.5. The molecule has 0 saturated heterocycles. The van der Waals surface area contributed by atoms with Gasteiger partial charge in [0.15, 0.2) is 0 Å². The summed E-state index contributed by atoms with van der Waals surface area (Å²) < 4.78 is 0. The molecule has 4 N–H and O–H groups in total. The number of nitrogens with zero attached hydrogens (tertiary/aromatic N) is 3. The van der Waals surface area contributed by atoms with Crippen molar-refractivity contribution in [2.24, 2.45) is 5.84 Å². The summed E-state index contributed by atoms with van der Waals surface area (Å²) in [6.07, 6.45) is 1.43. The van der Waals surface area contributed by atoms with Gasteiger partial charge in [0.1, 0.15) is 24.0 Å². The van der Waals surface area contributed by atoms with Crippen molar-refractivity contribution in [1.82, 2.24) is 9.97 Å². The molecule has 0 aliphatic heterocycles. The molecule has 0 spiro atoms. The highest BCUT2D eigenvalue weighted by atomic mass is 15.3. The predicted molar refractivity (Wildman–Crippen MR) is 78.4 cm³/mol. The van der Waals surface area contributed by atoms with Gasteiger partial charge in [-0.15, -0.1) is 0 Å². The largest absolute Gasteiger partial charge is 0.339 e. The number of aromatic nitrogens is 2. The van der Waals surface area contributed by atoms with Crippen LogP contribution in [0.5, 0.6) is 0 Å². The Labute approximate surface area is 117 Å². The van der Waals surface area contributed by atoms with Crippen LogP contribution in [0.4, 0.5) is 17.3 Å². The molecular formula is C14H16N6. The highest BCUT2D eigenvalue weighted by Gasteiger charge is 2.15. The monoisotopic (exact) mass is 268 g/mol. The number of nitriles is 1. The molecule has 1 aromatic carbocycles. The van der Waals surface area contributed by atoms with Crippen LogP contribution in [0.25, 0.3) is 0 Å². The van der Waals surface area contributed by atoms with Crippen LogP contribution < -0.4 is 16.6 Å². The minimum Gasteiger partial charge on any atom is -0.339 e. The molecule has 0 fully saturated rings. The van der Waals surface area contributed by atoms with Crippen LogP contribution in [0.15, 0.2) is 30.6 Å². The van der Waals surface area contributed by atoms with Crippen LogP contribution in [0, 0.1) is 11.3 Å². The summed E-state index contributed by atoms with van der Waals surface area (Å²) in [6.45, 7) is 4.06. The summed E-state index contributed by atoms with van der Waals surface area (Å²) in [6, 6.07) is 9.41. The SMILES string of the molecule is CC(C)c1c(NN)ncnc1Nc1ccccc1C#N. The van der Waals surface area contributed by atoms with Crippen LogP contribution in [-0.2, 0) is 0 Å². The smallest absolute Gasteiger partial charge is 0.148 e. The number of hydrogen-bond donors (Lipinski definition) is 3. The first kappa shape index (κ1) is 13.8. The molecule has 20 heavy (non-hydrogen) atoms. The fourth-order valence-electron chi connectivity index (χ4n) is 1.97. The first-order chi connectivity index (χ1) is 9.67. The Kier molecular flexibility index (Phi) is 4.13. The van der Waals surface area contributed by atoms with E-state index >= 15 is 0 Å². The first-order valence-corrected chi connectivity index (χ1v) is 6.25. The number of hydrazine groups is 1. The second-order valence-corrected chi connectivity index (χ2v) is 4.57. The predicted octanol–water partition coefficient (Wildman–Crippen LogP) is 2.50. The quantitative estimate of drug-likeness (QED) is 0.582. The molecule has 0 saturated carbocycles. The molecule has 2 rings (SSSR count). The molecule has 0 unspecified atom stereocenters. The van der Waals surface area contributed by atoms with Crippen molar-refractivity contribution < 1.29 is 0 Å². The maximum absolute atomic E-state index is 9.12. The average Bonchev–Trinajstić information content (AvgIpc) is 2.47. The van der Waals surface area contributed by atoms with Crippen molar-refractivity contribution in [2.45, 2.75) is 19.8 Å². The lowest BCUT2D eigenvalue weighted by molar-refractivity contribution is 0.850. The van der Waals surface area contributed by atoms with Gasteiger partial charge in [0.2, 0.25) is 0 Å². The Morgan fingerprint density at radius 3 is 2.55 bits per heavy atom. The van der Waals surface area contributed by atoms with E-state index in [1.54, 1.807) is 6.07 Å². The molecule has 6 nitrogen and oxygen atoms in total. The molecule has 0 bridgehead atoms. The molecule has 0 aliphatic rings. The summed E-state index contributed by atoms with van der Waals surface area (Å²) in [7, 11) is 0. The maximum atomic E-state index is 9.12. The zero-order valence-corrected chi connectivity index (χ0v) is 11.4. The number of nitrogen functional groups attached to an aromatic ring is 1. The summed E-state index contributed by atoms with van der Waals surface area (Å²) in [5.74, 6) is 6.89. The van der Waals surface area contributed by atoms with E-state index in [0.29, 0.717) is 22.9 Å². The van der Waals surface area contributed by atoms with Gasteiger partial charge in [0.25, 0.3) is 0 Å². The van der Waals surface area contributed by atoms with Crippen LogP contribution in [0.2, 0.25) is 0 Å². The Bertz CT molecular complexity index is 644. The third-order valence-electron chi connectivity index (χ3n) is 2.90. The number of nitrogens with one attached hydrogen (secondary N) is 2. The number of rotatable bonds is 4. The molecule has 0 atom stereocenters. The highest BCUT2D eigenvalue weighted by molar-refractivity contribution is 5.69. The number of anilines is 3. The zero-order valence-electron chi connectivity index (χ0n) is 11.4. The van der Waals surface area contributed by atoms with Gasteiger partial charge in [0.05, 0.1) is 11.3 Å². The van der Waals surface area contributed by atoms with Crippen molar-refractivity contribution in [2.75, 3.05) is 10.7 Å². The molecule has 0 aliphatic carbocycles. The molecule has 0 radical (unpaired) electrons. The van der Waals surface area contributed by atoms with Crippen molar-refractivity contribution in [3.63, 3.8) is 0 Å². The first-order valence-electron chi connectivity index (χ1n) is 6.25. The van der Waals surface area contributed by atoms with Gasteiger partial charge >= 0.3 is 0 Å². The van der Waals surface area contributed by atoms with E-state index in [0.717, 1.165) is 5.56 Å². The lowest BCUT2D eigenvalue weighted by Gasteiger charge is -2.16. The Morgan fingerprint density at radius 1 is 1.20 bits per heavy atom. The van der Waals surface area contributed by atoms with E-state index in [1.165, 1.54) is 6.33 Å². The summed E-state index contributed by atoms with van der Waals surface area (Å²) in [4.78, 5) is 8.36. The second kappa shape index (κ2) is 5.99. The van der Waals surface area contributed by atoms with E-state index in [2.05, 4.69) is 26.8 Å². The van der Waals surface area contributed by atoms with Gasteiger partial charge < -0.3 is 10.7 Å². The number of benzene rings is 1. The minimum atomic E-state index is 0.180. The number of hydrogen-bond acceptors (Lipinski definition) is 6. The molecule has 2 aromatic rings. The van der Waals surface area contributed by atoms with E-state index in [9.17, 15) is 0 Å². The highest BCUT2D eigenvalue weighted by Crippen LogP contribution is 2.30. The number of nitrogens with two attached hydrogens (primary N) is 1. The number of para-hydroxylation sites is 1. The van der Waals surface area contributed by atoms with Crippen molar-refractivity contribution in [3.05, 3.63) is 41.7 Å². The van der Waals surface area contributed by atoms with Gasteiger partial charge in [-0.3, -0.25) is 0 Å². The van der Waals surface area contributed by atoms with Gasteiger partial charge in [-0.2, -0.15) is 5.26 Å². The Balaban J connectivity index is 2.46. The third kappa shape index (κ3) is 2.68.